The molecule has 0 aliphatic carbocycles. The zero-order valence-corrected chi connectivity index (χ0v) is 14.5. The zero-order valence-electron chi connectivity index (χ0n) is 13.0. The van der Waals surface area contributed by atoms with Gasteiger partial charge in [-0.3, -0.25) is 9.59 Å². The number of carbonyl (C=O) groups is 2. The van der Waals surface area contributed by atoms with Gasteiger partial charge >= 0.3 is 5.97 Å². The zero-order chi connectivity index (χ0) is 16.8. The second-order valence-corrected chi connectivity index (χ2v) is 6.43. The van der Waals surface area contributed by atoms with Gasteiger partial charge in [-0.05, 0) is 60.4 Å². The fourth-order valence-corrected chi connectivity index (χ4v) is 2.83. The highest BCUT2D eigenvalue weighted by Gasteiger charge is 2.18. The van der Waals surface area contributed by atoms with Crippen LogP contribution >= 0.6 is 22.9 Å². The van der Waals surface area contributed by atoms with Crippen LogP contribution in [0.1, 0.15) is 24.5 Å². The topological polar surface area (TPSA) is 55.4 Å². The van der Waals surface area contributed by atoms with Crippen LogP contribution in [0.5, 0.6) is 0 Å². The molecule has 0 spiro atoms. The molecule has 23 heavy (non-hydrogen) atoms. The van der Waals surface area contributed by atoms with Crippen LogP contribution in [0.4, 0.5) is 5.69 Å². The van der Waals surface area contributed by atoms with Crippen molar-refractivity contribution >= 4 is 40.5 Å². The second kappa shape index (κ2) is 8.13. The smallest absolute Gasteiger partial charge is 0.306 e. The van der Waals surface area contributed by atoms with Crippen molar-refractivity contribution in [2.75, 3.05) is 5.32 Å². The Morgan fingerprint density at radius 3 is 2.83 bits per heavy atom. The van der Waals surface area contributed by atoms with Crippen LogP contribution < -0.4 is 5.32 Å². The van der Waals surface area contributed by atoms with Crippen molar-refractivity contribution in [2.24, 2.45) is 0 Å². The molecule has 2 rings (SSSR count). The highest BCUT2D eigenvalue weighted by Crippen LogP contribution is 2.20. The molecule has 6 heteroatoms. The van der Waals surface area contributed by atoms with Crippen molar-refractivity contribution < 1.29 is 14.3 Å². The van der Waals surface area contributed by atoms with Crippen molar-refractivity contribution in [3.63, 3.8) is 0 Å². The molecule has 0 aliphatic rings. The third-order valence-electron chi connectivity index (χ3n) is 3.33. The number of thiophene rings is 1. The first-order valence-corrected chi connectivity index (χ1v) is 8.55. The molecule has 1 heterocycles. The van der Waals surface area contributed by atoms with E-state index in [2.05, 4.69) is 5.32 Å². The maximum Gasteiger partial charge on any atom is 0.306 e. The summed E-state index contributed by atoms with van der Waals surface area (Å²) in [7, 11) is 0. The predicted octanol–water partition coefficient (Wildman–Crippen LogP) is 4.21. The van der Waals surface area contributed by atoms with Crippen LogP contribution in [0.15, 0.2) is 35.0 Å². The Morgan fingerprint density at radius 1 is 1.35 bits per heavy atom. The summed E-state index contributed by atoms with van der Waals surface area (Å²) in [5.74, 6) is -0.763. The van der Waals surface area contributed by atoms with E-state index in [0.29, 0.717) is 17.1 Å². The Balaban J connectivity index is 1.84. The number of amides is 1. The van der Waals surface area contributed by atoms with Gasteiger partial charge in [-0.2, -0.15) is 11.3 Å². The quantitative estimate of drug-likeness (QED) is 0.793. The van der Waals surface area contributed by atoms with Gasteiger partial charge in [0.2, 0.25) is 0 Å². The molecule has 0 radical (unpaired) electrons. The Hall–Kier alpha value is -1.85. The molecule has 1 atom stereocenters. The van der Waals surface area contributed by atoms with Crippen molar-refractivity contribution in [1.29, 1.82) is 0 Å². The standard InChI is InChI=1S/C17H18ClNO3S/c1-11-3-5-14(18)9-15(11)19-17(21)12(2)22-16(20)6-4-13-7-8-23-10-13/h3,5,7-10,12H,4,6H2,1-2H3,(H,19,21)/t12-/m0/s1. The van der Waals surface area contributed by atoms with E-state index in [4.69, 9.17) is 16.3 Å². The number of nitrogens with one attached hydrogen (secondary N) is 1. The van der Waals surface area contributed by atoms with E-state index in [1.807, 2.05) is 29.8 Å². The number of aryl methyl sites for hydroxylation is 2. The first-order valence-electron chi connectivity index (χ1n) is 7.23. The summed E-state index contributed by atoms with van der Waals surface area (Å²) in [5.41, 5.74) is 2.60. The normalized spacial score (nSPS) is 11.8. The van der Waals surface area contributed by atoms with Crippen LogP contribution in [-0.2, 0) is 20.7 Å². The van der Waals surface area contributed by atoms with E-state index in [-0.39, 0.29) is 18.3 Å². The van der Waals surface area contributed by atoms with Crippen LogP contribution in [0.25, 0.3) is 0 Å². The molecule has 1 aromatic carbocycles. The number of rotatable bonds is 6. The van der Waals surface area contributed by atoms with Crippen molar-refractivity contribution in [2.45, 2.75) is 32.8 Å². The maximum atomic E-state index is 12.1. The molecule has 2 aromatic rings. The molecule has 122 valence electrons. The second-order valence-electron chi connectivity index (χ2n) is 5.21. The molecule has 0 bridgehead atoms. The molecular weight excluding hydrogens is 334 g/mol. The number of hydrogen-bond acceptors (Lipinski definition) is 4. The lowest BCUT2D eigenvalue weighted by Crippen LogP contribution is -2.30. The van der Waals surface area contributed by atoms with Crippen molar-refractivity contribution in [3.8, 4) is 0 Å². The van der Waals surface area contributed by atoms with Gasteiger partial charge in [-0.1, -0.05) is 17.7 Å². The van der Waals surface area contributed by atoms with Gasteiger partial charge in [0, 0.05) is 17.1 Å². The SMILES string of the molecule is Cc1ccc(Cl)cc1NC(=O)[C@H](C)OC(=O)CCc1ccsc1. The summed E-state index contributed by atoms with van der Waals surface area (Å²) >= 11 is 7.51. The van der Waals surface area contributed by atoms with E-state index in [9.17, 15) is 9.59 Å². The number of esters is 1. The Labute approximate surface area is 144 Å². The van der Waals surface area contributed by atoms with Crippen molar-refractivity contribution in [3.05, 3.63) is 51.2 Å². The molecule has 1 aromatic heterocycles. The van der Waals surface area contributed by atoms with Crippen LogP contribution in [0.3, 0.4) is 0 Å². The number of anilines is 1. The Morgan fingerprint density at radius 2 is 2.13 bits per heavy atom. The molecule has 0 fully saturated rings. The van der Waals surface area contributed by atoms with Gasteiger partial charge in [0.05, 0.1) is 0 Å². The largest absolute Gasteiger partial charge is 0.453 e. The third kappa shape index (κ3) is 5.37. The summed E-state index contributed by atoms with van der Waals surface area (Å²) in [6.45, 7) is 3.42. The highest BCUT2D eigenvalue weighted by molar-refractivity contribution is 7.07. The number of halogens is 1. The molecule has 1 amide bonds. The minimum atomic E-state index is -0.858. The summed E-state index contributed by atoms with van der Waals surface area (Å²) < 4.78 is 5.17. The lowest BCUT2D eigenvalue weighted by Gasteiger charge is -2.15. The van der Waals surface area contributed by atoms with E-state index in [0.717, 1.165) is 11.1 Å². The first kappa shape index (κ1) is 17.5. The van der Waals surface area contributed by atoms with Crippen LogP contribution in [0, 0.1) is 6.92 Å². The van der Waals surface area contributed by atoms with E-state index in [1.54, 1.807) is 30.4 Å². The average molecular weight is 352 g/mol. The fourth-order valence-electron chi connectivity index (χ4n) is 1.95. The third-order valence-corrected chi connectivity index (χ3v) is 4.30. The van der Waals surface area contributed by atoms with E-state index < -0.39 is 6.10 Å². The first-order chi connectivity index (χ1) is 11.0. The number of hydrogen-bond donors (Lipinski definition) is 1. The van der Waals surface area contributed by atoms with Gasteiger partial charge in [0.1, 0.15) is 0 Å². The van der Waals surface area contributed by atoms with Crippen LogP contribution in [0.2, 0.25) is 5.02 Å². The van der Waals surface area contributed by atoms with Crippen LogP contribution in [-0.4, -0.2) is 18.0 Å². The van der Waals surface area contributed by atoms with Crippen molar-refractivity contribution in [1.82, 2.24) is 0 Å². The summed E-state index contributed by atoms with van der Waals surface area (Å²) in [6, 6.07) is 7.20. The van der Waals surface area contributed by atoms with Gasteiger partial charge < -0.3 is 10.1 Å². The number of ether oxygens (including phenoxy) is 1. The number of benzene rings is 1. The van der Waals surface area contributed by atoms with Gasteiger partial charge in [-0.25, -0.2) is 0 Å². The summed E-state index contributed by atoms with van der Waals surface area (Å²) in [6.07, 6.45) is 0.0117. The van der Waals surface area contributed by atoms with Gasteiger partial charge in [-0.15, -0.1) is 0 Å². The summed E-state index contributed by atoms with van der Waals surface area (Å²) in [4.78, 5) is 23.9. The molecular formula is C17H18ClNO3S. The molecule has 0 saturated carbocycles. The molecule has 1 N–H and O–H groups in total. The minimum absolute atomic E-state index is 0.255. The average Bonchev–Trinajstić information content (AvgIpc) is 3.02. The Bertz CT molecular complexity index is 685. The fraction of sp³-hybridized carbons (Fsp3) is 0.294. The highest BCUT2D eigenvalue weighted by atomic mass is 35.5. The molecule has 0 aliphatic heterocycles. The predicted molar refractivity (Wildman–Crippen MR) is 93.0 cm³/mol. The van der Waals surface area contributed by atoms with Gasteiger partial charge in [0.15, 0.2) is 6.10 Å². The Kier molecular flexibility index (Phi) is 6.19. The van der Waals surface area contributed by atoms with Gasteiger partial charge in [0.25, 0.3) is 5.91 Å². The minimum Gasteiger partial charge on any atom is -0.453 e. The monoisotopic (exact) mass is 351 g/mol. The van der Waals surface area contributed by atoms with E-state index in [1.165, 1.54) is 0 Å². The van der Waals surface area contributed by atoms with E-state index >= 15 is 0 Å². The summed E-state index contributed by atoms with van der Waals surface area (Å²) in [5, 5.41) is 7.21. The molecule has 0 saturated heterocycles. The lowest BCUT2D eigenvalue weighted by molar-refractivity contribution is -0.153. The number of carbonyl (C=O) groups excluding carboxylic acids is 2. The molecule has 4 nitrogen and oxygen atoms in total. The molecule has 0 unspecified atom stereocenters. The lowest BCUT2D eigenvalue weighted by atomic mass is 10.2. The maximum absolute atomic E-state index is 12.1.